The Bertz CT molecular complexity index is 447. The lowest BCUT2D eigenvalue weighted by atomic mass is 10.0. The van der Waals surface area contributed by atoms with Crippen molar-refractivity contribution in [3.8, 4) is 0 Å². The topological polar surface area (TPSA) is 58.4 Å². The van der Waals surface area contributed by atoms with Crippen LogP contribution in [0.1, 0.15) is 12.8 Å². The van der Waals surface area contributed by atoms with Gasteiger partial charge in [-0.15, -0.1) is 0 Å². The van der Waals surface area contributed by atoms with Crippen molar-refractivity contribution in [2.24, 2.45) is 5.73 Å². The number of piperidine rings is 1. The Labute approximate surface area is 110 Å². The number of hydrogen-bond acceptors (Lipinski definition) is 2. The molecule has 1 aromatic carbocycles. The Kier molecular flexibility index (Phi) is 3.91. The Balaban J connectivity index is 1.95. The molecule has 0 aromatic heterocycles. The summed E-state index contributed by atoms with van der Waals surface area (Å²) in [5.41, 5.74) is 5.80. The van der Waals surface area contributed by atoms with Crippen molar-refractivity contribution in [1.82, 2.24) is 4.90 Å². The van der Waals surface area contributed by atoms with E-state index in [-0.39, 0.29) is 11.9 Å². The molecule has 0 bridgehead atoms. The van der Waals surface area contributed by atoms with Crippen molar-refractivity contribution < 1.29 is 9.18 Å². The summed E-state index contributed by atoms with van der Waals surface area (Å²) in [4.78, 5) is 12.6. The first-order valence-corrected chi connectivity index (χ1v) is 6.20. The highest BCUT2D eigenvalue weighted by atomic mass is 35.5. The van der Waals surface area contributed by atoms with Gasteiger partial charge in [-0.05, 0) is 31.0 Å². The largest absolute Gasteiger partial charge is 0.381 e. The highest BCUT2D eigenvalue weighted by Gasteiger charge is 2.21. The molecule has 98 valence electrons. The van der Waals surface area contributed by atoms with Gasteiger partial charge in [0.2, 0.25) is 0 Å². The summed E-state index contributed by atoms with van der Waals surface area (Å²) in [6.45, 7) is 1.22. The molecular formula is C12H15ClFN3O. The molecule has 6 heteroatoms. The zero-order valence-electron chi connectivity index (χ0n) is 9.83. The minimum Gasteiger partial charge on any atom is -0.381 e. The first-order chi connectivity index (χ1) is 8.56. The lowest BCUT2D eigenvalue weighted by Gasteiger charge is -2.31. The fourth-order valence-electron chi connectivity index (χ4n) is 2.07. The quantitative estimate of drug-likeness (QED) is 0.868. The Morgan fingerprint density at radius 1 is 1.44 bits per heavy atom. The predicted molar refractivity (Wildman–Crippen MR) is 69.2 cm³/mol. The van der Waals surface area contributed by atoms with Crippen molar-refractivity contribution in [2.45, 2.75) is 18.9 Å². The van der Waals surface area contributed by atoms with Crippen LogP contribution < -0.4 is 11.1 Å². The van der Waals surface area contributed by atoms with Crippen LogP contribution in [0.3, 0.4) is 0 Å². The summed E-state index contributed by atoms with van der Waals surface area (Å²) in [6, 6.07) is 4.01. The average Bonchev–Trinajstić information content (AvgIpc) is 2.34. The first-order valence-electron chi connectivity index (χ1n) is 5.82. The molecule has 0 saturated carbocycles. The number of likely N-dealkylation sites (tertiary alicyclic amines) is 1. The van der Waals surface area contributed by atoms with Crippen LogP contribution in [0.4, 0.5) is 14.9 Å². The Morgan fingerprint density at radius 3 is 2.72 bits per heavy atom. The maximum atomic E-state index is 13.1. The molecule has 1 saturated heterocycles. The number of rotatable bonds is 2. The number of carbonyl (C=O) groups excluding carboxylic acids is 1. The smallest absolute Gasteiger partial charge is 0.314 e. The van der Waals surface area contributed by atoms with Crippen LogP contribution in [-0.4, -0.2) is 30.1 Å². The van der Waals surface area contributed by atoms with E-state index in [2.05, 4.69) is 5.32 Å². The van der Waals surface area contributed by atoms with E-state index < -0.39 is 6.03 Å². The van der Waals surface area contributed by atoms with E-state index in [1.165, 1.54) is 18.2 Å². The van der Waals surface area contributed by atoms with Crippen molar-refractivity contribution in [2.75, 3.05) is 18.4 Å². The van der Waals surface area contributed by atoms with Crippen molar-refractivity contribution in [3.05, 3.63) is 29.0 Å². The molecular weight excluding hydrogens is 257 g/mol. The number of amides is 2. The molecule has 1 fully saturated rings. The van der Waals surface area contributed by atoms with E-state index in [1.54, 1.807) is 4.90 Å². The minimum absolute atomic E-state index is 0.180. The predicted octanol–water partition coefficient (Wildman–Crippen LogP) is 2.43. The summed E-state index contributed by atoms with van der Waals surface area (Å²) < 4.78 is 13.1. The second-order valence-corrected chi connectivity index (χ2v) is 4.78. The zero-order valence-corrected chi connectivity index (χ0v) is 10.6. The minimum atomic E-state index is -0.391. The molecule has 3 N–H and O–H groups in total. The van der Waals surface area contributed by atoms with Gasteiger partial charge in [0.15, 0.2) is 0 Å². The van der Waals surface area contributed by atoms with Crippen LogP contribution in [0.5, 0.6) is 0 Å². The number of urea groups is 1. The van der Waals surface area contributed by atoms with Gasteiger partial charge >= 0.3 is 6.03 Å². The second-order valence-electron chi connectivity index (χ2n) is 4.37. The molecule has 0 aliphatic carbocycles. The lowest BCUT2D eigenvalue weighted by Crippen LogP contribution is -2.44. The van der Waals surface area contributed by atoms with Gasteiger partial charge in [-0.3, -0.25) is 0 Å². The number of anilines is 1. The summed E-state index contributed by atoms with van der Waals surface area (Å²) >= 11 is 5.98. The van der Waals surface area contributed by atoms with Crippen molar-refractivity contribution in [1.29, 1.82) is 0 Å². The maximum Gasteiger partial charge on any atom is 0.314 e. The molecule has 2 rings (SSSR count). The molecule has 0 spiro atoms. The summed E-state index contributed by atoms with van der Waals surface area (Å²) in [5, 5.41) is 3.69. The van der Waals surface area contributed by atoms with Gasteiger partial charge in [0, 0.05) is 19.1 Å². The summed E-state index contributed by atoms with van der Waals surface area (Å²) in [6.07, 6.45) is 1.55. The number of benzene rings is 1. The molecule has 0 unspecified atom stereocenters. The van der Waals surface area contributed by atoms with Crippen LogP contribution in [0.25, 0.3) is 0 Å². The number of halogens is 2. The first kappa shape index (κ1) is 13.0. The van der Waals surface area contributed by atoms with Crippen LogP contribution in [-0.2, 0) is 0 Å². The third-order valence-corrected chi connectivity index (χ3v) is 3.42. The number of nitrogens with one attached hydrogen (secondary N) is 1. The SMILES string of the molecule is NC(=O)N1CCC(Nc2cc(F)ccc2Cl)CC1. The normalized spacial score (nSPS) is 16.7. The molecule has 0 radical (unpaired) electrons. The third kappa shape index (κ3) is 3.04. The molecule has 1 aromatic rings. The van der Waals surface area contributed by atoms with Gasteiger partial charge in [-0.2, -0.15) is 0 Å². The van der Waals surface area contributed by atoms with Crippen molar-refractivity contribution in [3.63, 3.8) is 0 Å². The number of carbonyl (C=O) groups is 1. The van der Waals surface area contributed by atoms with Gasteiger partial charge in [-0.1, -0.05) is 11.6 Å². The molecule has 1 aliphatic rings. The molecule has 1 aliphatic heterocycles. The van der Waals surface area contributed by atoms with Crippen LogP contribution >= 0.6 is 11.6 Å². The lowest BCUT2D eigenvalue weighted by molar-refractivity contribution is 0.193. The monoisotopic (exact) mass is 271 g/mol. The second kappa shape index (κ2) is 5.44. The molecule has 1 heterocycles. The molecule has 0 atom stereocenters. The Hall–Kier alpha value is -1.49. The van der Waals surface area contributed by atoms with E-state index in [4.69, 9.17) is 17.3 Å². The van der Waals surface area contributed by atoms with Crippen LogP contribution in [0.2, 0.25) is 5.02 Å². The molecule has 2 amide bonds. The average molecular weight is 272 g/mol. The van der Waals surface area contributed by atoms with Crippen LogP contribution in [0.15, 0.2) is 18.2 Å². The van der Waals surface area contributed by atoms with Gasteiger partial charge in [0.05, 0.1) is 10.7 Å². The number of primary amides is 1. The summed E-state index contributed by atoms with van der Waals surface area (Å²) in [5.74, 6) is -0.323. The van der Waals surface area contributed by atoms with E-state index in [0.29, 0.717) is 23.8 Å². The number of nitrogens with two attached hydrogens (primary N) is 1. The highest BCUT2D eigenvalue weighted by Crippen LogP contribution is 2.25. The number of nitrogens with zero attached hydrogens (tertiary/aromatic N) is 1. The summed E-state index contributed by atoms with van der Waals surface area (Å²) in [7, 11) is 0. The van der Waals surface area contributed by atoms with Crippen molar-refractivity contribution >= 4 is 23.3 Å². The van der Waals surface area contributed by atoms with Gasteiger partial charge < -0.3 is 16.0 Å². The van der Waals surface area contributed by atoms with E-state index >= 15 is 0 Å². The van der Waals surface area contributed by atoms with Gasteiger partial charge in [0.25, 0.3) is 0 Å². The Morgan fingerprint density at radius 2 is 2.11 bits per heavy atom. The van der Waals surface area contributed by atoms with E-state index in [0.717, 1.165) is 12.8 Å². The van der Waals surface area contributed by atoms with E-state index in [9.17, 15) is 9.18 Å². The van der Waals surface area contributed by atoms with Crippen LogP contribution in [0, 0.1) is 5.82 Å². The maximum absolute atomic E-state index is 13.1. The number of hydrogen-bond donors (Lipinski definition) is 2. The van der Waals surface area contributed by atoms with Gasteiger partial charge in [0.1, 0.15) is 5.82 Å². The molecule has 18 heavy (non-hydrogen) atoms. The third-order valence-electron chi connectivity index (χ3n) is 3.09. The molecule has 4 nitrogen and oxygen atoms in total. The zero-order chi connectivity index (χ0) is 13.1. The fourth-order valence-corrected chi connectivity index (χ4v) is 2.24. The highest BCUT2D eigenvalue weighted by molar-refractivity contribution is 6.33. The standard InChI is InChI=1S/C12H15ClFN3O/c13-10-2-1-8(14)7-11(10)16-9-3-5-17(6-4-9)12(15)18/h1-2,7,9,16H,3-6H2,(H2,15,18). The van der Waals surface area contributed by atoms with E-state index in [1.807, 2.05) is 0 Å². The fraction of sp³-hybridized carbons (Fsp3) is 0.417. The van der Waals surface area contributed by atoms with Gasteiger partial charge in [-0.25, -0.2) is 9.18 Å².